The first-order valence-electron chi connectivity index (χ1n) is 5.09. The molecule has 0 aliphatic rings. The second-order valence-electron chi connectivity index (χ2n) is 3.52. The number of nitro benzene ring substituents is 1. The van der Waals surface area contributed by atoms with Crippen LogP contribution >= 0.6 is 15.9 Å². The first kappa shape index (κ1) is 13.3. The summed E-state index contributed by atoms with van der Waals surface area (Å²) in [4.78, 5) is 18.0. The number of hydrogen-bond donors (Lipinski definition) is 0. The molecule has 8 heteroatoms. The van der Waals surface area contributed by atoms with Gasteiger partial charge in [-0.25, -0.2) is 9.37 Å². The van der Waals surface area contributed by atoms with Crippen molar-refractivity contribution in [1.82, 2.24) is 9.97 Å². The van der Waals surface area contributed by atoms with Gasteiger partial charge < -0.3 is 4.74 Å². The monoisotopic (exact) mass is 327 g/mol. The number of nitrogens with zero attached hydrogens (tertiary/aromatic N) is 3. The second kappa shape index (κ2) is 5.27. The summed E-state index contributed by atoms with van der Waals surface area (Å²) in [6.45, 7) is 1.62. The van der Waals surface area contributed by atoms with Gasteiger partial charge in [0.2, 0.25) is 11.6 Å². The highest BCUT2D eigenvalue weighted by Gasteiger charge is 2.20. The first-order valence-corrected chi connectivity index (χ1v) is 5.88. The van der Waals surface area contributed by atoms with Crippen LogP contribution in [0.1, 0.15) is 5.82 Å². The van der Waals surface area contributed by atoms with Gasteiger partial charge in [-0.05, 0) is 28.9 Å². The zero-order chi connectivity index (χ0) is 14.0. The van der Waals surface area contributed by atoms with Crippen LogP contribution in [-0.2, 0) is 0 Å². The van der Waals surface area contributed by atoms with Crippen molar-refractivity contribution >= 4 is 21.6 Å². The van der Waals surface area contributed by atoms with E-state index < -0.39 is 22.2 Å². The summed E-state index contributed by atoms with van der Waals surface area (Å²) in [6.07, 6.45) is 0. The Morgan fingerprint density at radius 1 is 1.42 bits per heavy atom. The molecule has 0 fully saturated rings. The van der Waals surface area contributed by atoms with Crippen LogP contribution in [0.25, 0.3) is 0 Å². The average Bonchev–Trinajstić information content (AvgIpc) is 2.30. The van der Waals surface area contributed by atoms with Crippen molar-refractivity contribution in [2.45, 2.75) is 6.92 Å². The number of ether oxygens (including phenoxy) is 1. The van der Waals surface area contributed by atoms with Gasteiger partial charge in [0.1, 0.15) is 10.4 Å². The van der Waals surface area contributed by atoms with E-state index in [0.29, 0.717) is 10.4 Å². The number of benzene rings is 1. The molecule has 0 saturated carbocycles. The average molecular weight is 328 g/mol. The minimum Gasteiger partial charge on any atom is -0.428 e. The van der Waals surface area contributed by atoms with E-state index in [4.69, 9.17) is 4.74 Å². The zero-order valence-corrected chi connectivity index (χ0v) is 11.2. The largest absolute Gasteiger partial charge is 0.428 e. The van der Waals surface area contributed by atoms with E-state index in [1.165, 1.54) is 12.1 Å². The third kappa shape index (κ3) is 3.02. The van der Waals surface area contributed by atoms with E-state index in [1.807, 2.05) is 0 Å². The predicted molar refractivity (Wildman–Crippen MR) is 67.6 cm³/mol. The van der Waals surface area contributed by atoms with Crippen LogP contribution in [0.15, 0.2) is 28.9 Å². The van der Waals surface area contributed by atoms with Crippen molar-refractivity contribution in [3.05, 3.63) is 50.6 Å². The molecular formula is C11H7BrFN3O3. The summed E-state index contributed by atoms with van der Waals surface area (Å²) >= 11 is 3.13. The Bertz CT molecular complexity index is 631. The van der Waals surface area contributed by atoms with Crippen molar-refractivity contribution < 1.29 is 14.1 Å². The van der Waals surface area contributed by atoms with E-state index in [9.17, 15) is 14.5 Å². The van der Waals surface area contributed by atoms with Crippen LogP contribution in [0.3, 0.4) is 0 Å². The summed E-state index contributed by atoms with van der Waals surface area (Å²) in [5.41, 5.74) is -0.465. The Hall–Kier alpha value is -2.09. The third-order valence-corrected chi connectivity index (χ3v) is 2.54. The molecule has 0 bridgehead atoms. The highest BCUT2D eigenvalue weighted by molar-refractivity contribution is 9.10. The molecule has 0 amide bonds. The molecule has 0 radical (unpaired) electrons. The third-order valence-electron chi connectivity index (χ3n) is 2.13. The molecule has 19 heavy (non-hydrogen) atoms. The van der Waals surface area contributed by atoms with E-state index >= 15 is 0 Å². The van der Waals surface area contributed by atoms with Crippen LogP contribution in [0.4, 0.5) is 10.1 Å². The normalized spacial score (nSPS) is 10.3. The van der Waals surface area contributed by atoms with Gasteiger partial charge in [0.05, 0.1) is 4.92 Å². The quantitative estimate of drug-likeness (QED) is 0.490. The second-order valence-corrected chi connectivity index (χ2v) is 4.34. The maximum Gasteiger partial charge on any atom is 0.314 e. The molecule has 98 valence electrons. The summed E-state index contributed by atoms with van der Waals surface area (Å²) in [5.74, 6) is -0.893. The highest BCUT2D eigenvalue weighted by atomic mass is 79.9. The molecule has 0 N–H and O–H groups in total. The van der Waals surface area contributed by atoms with Crippen molar-refractivity contribution in [3.63, 3.8) is 0 Å². The van der Waals surface area contributed by atoms with Gasteiger partial charge in [-0.2, -0.15) is 4.98 Å². The van der Waals surface area contributed by atoms with Crippen molar-refractivity contribution in [2.24, 2.45) is 0 Å². The zero-order valence-electron chi connectivity index (χ0n) is 9.63. The fourth-order valence-electron chi connectivity index (χ4n) is 1.40. The lowest BCUT2D eigenvalue weighted by Gasteiger charge is -2.07. The number of para-hydroxylation sites is 1. The highest BCUT2D eigenvalue weighted by Crippen LogP contribution is 2.33. The van der Waals surface area contributed by atoms with Gasteiger partial charge >= 0.3 is 5.69 Å². The van der Waals surface area contributed by atoms with Gasteiger partial charge in [-0.1, -0.05) is 6.07 Å². The van der Waals surface area contributed by atoms with Gasteiger partial charge in [0.25, 0.3) is 0 Å². The summed E-state index contributed by atoms with van der Waals surface area (Å²) in [6, 6.07) is 4.86. The lowest BCUT2D eigenvalue weighted by molar-refractivity contribution is -0.385. The van der Waals surface area contributed by atoms with Crippen LogP contribution in [0, 0.1) is 22.9 Å². The number of nitro groups is 1. The number of aryl methyl sites for hydroxylation is 1. The van der Waals surface area contributed by atoms with Gasteiger partial charge in [-0.3, -0.25) is 10.1 Å². The number of rotatable bonds is 3. The van der Waals surface area contributed by atoms with E-state index in [2.05, 4.69) is 25.9 Å². The molecule has 0 saturated heterocycles. The molecule has 1 aromatic heterocycles. The molecule has 0 unspecified atom stereocenters. The number of hydrogen-bond acceptors (Lipinski definition) is 5. The Labute approximate surface area is 115 Å². The lowest BCUT2D eigenvalue weighted by atomic mass is 10.3. The van der Waals surface area contributed by atoms with E-state index in [1.54, 1.807) is 6.92 Å². The van der Waals surface area contributed by atoms with Gasteiger partial charge in [-0.15, -0.1) is 0 Å². The van der Waals surface area contributed by atoms with Crippen LogP contribution in [0.2, 0.25) is 0 Å². The van der Waals surface area contributed by atoms with Crippen LogP contribution in [-0.4, -0.2) is 14.9 Å². The summed E-state index contributed by atoms with van der Waals surface area (Å²) in [5, 5.41) is 10.8. The first-order chi connectivity index (χ1) is 8.97. The fraction of sp³-hybridized carbons (Fsp3) is 0.0909. The van der Waals surface area contributed by atoms with E-state index in [-0.39, 0.29) is 5.88 Å². The molecule has 2 rings (SSSR count). The van der Waals surface area contributed by atoms with Crippen LogP contribution in [0.5, 0.6) is 11.6 Å². The molecule has 1 heterocycles. The van der Waals surface area contributed by atoms with Crippen LogP contribution < -0.4 is 4.74 Å². The minimum atomic E-state index is -0.832. The summed E-state index contributed by atoms with van der Waals surface area (Å²) < 4.78 is 19.2. The van der Waals surface area contributed by atoms with E-state index in [0.717, 1.165) is 12.1 Å². The van der Waals surface area contributed by atoms with Gasteiger partial charge in [0, 0.05) is 12.1 Å². The lowest BCUT2D eigenvalue weighted by Crippen LogP contribution is -1.99. The Balaban J connectivity index is 2.45. The molecule has 6 nitrogen and oxygen atoms in total. The predicted octanol–water partition coefficient (Wildman–Crippen LogP) is 3.39. The van der Waals surface area contributed by atoms with Crippen molar-refractivity contribution in [1.29, 1.82) is 0 Å². The molecule has 1 aromatic carbocycles. The number of halogens is 2. The number of aromatic nitrogens is 2. The molecule has 0 aliphatic heterocycles. The molecular weight excluding hydrogens is 321 g/mol. The Kier molecular flexibility index (Phi) is 3.70. The maximum atomic E-state index is 13.6. The topological polar surface area (TPSA) is 78.2 Å². The Morgan fingerprint density at radius 3 is 2.79 bits per heavy atom. The maximum absolute atomic E-state index is 13.6. The standard InChI is InChI=1S/C11H7BrFN3O3/c1-6-14-9(12)5-10(15-6)19-11-7(13)3-2-4-8(11)16(17)18/h2-5H,1H3. The molecule has 0 aliphatic carbocycles. The molecule has 0 spiro atoms. The van der Waals surface area contributed by atoms with Crippen molar-refractivity contribution in [3.8, 4) is 11.6 Å². The Morgan fingerprint density at radius 2 is 2.16 bits per heavy atom. The SMILES string of the molecule is Cc1nc(Br)cc(Oc2c(F)cccc2[N+](=O)[O-])n1. The summed E-state index contributed by atoms with van der Waals surface area (Å²) in [7, 11) is 0. The van der Waals surface area contributed by atoms with Gasteiger partial charge in [0.15, 0.2) is 5.82 Å². The fourth-order valence-corrected chi connectivity index (χ4v) is 1.86. The smallest absolute Gasteiger partial charge is 0.314 e. The minimum absolute atomic E-state index is 0.0209. The molecule has 0 atom stereocenters. The van der Waals surface area contributed by atoms with Crippen molar-refractivity contribution in [2.75, 3.05) is 0 Å². The molecule has 2 aromatic rings.